The lowest BCUT2D eigenvalue weighted by Gasteiger charge is -2.13. The summed E-state index contributed by atoms with van der Waals surface area (Å²) in [5.74, 6) is 0. The molecule has 68 valence electrons. The number of rotatable bonds is 4. The molecule has 3 unspecified atom stereocenters. The Labute approximate surface area is 69.3 Å². The van der Waals surface area contributed by atoms with Gasteiger partial charge in [-0.25, -0.2) is 0 Å². The van der Waals surface area contributed by atoms with Gasteiger partial charge in [0.2, 0.25) is 12.8 Å². The van der Waals surface area contributed by atoms with Crippen molar-refractivity contribution in [2.24, 2.45) is 0 Å². The third-order valence-electron chi connectivity index (χ3n) is 1.76. The van der Waals surface area contributed by atoms with Crippen molar-refractivity contribution >= 4 is 12.8 Å². The van der Waals surface area contributed by atoms with Crippen LogP contribution in [0.25, 0.3) is 0 Å². The molecule has 0 aromatic heterocycles. The first-order valence-electron chi connectivity index (χ1n) is 3.61. The molecule has 0 bridgehead atoms. The fourth-order valence-corrected chi connectivity index (χ4v) is 1.20. The van der Waals surface area contributed by atoms with E-state index in [1.807, 2.05) is 0 Å². The number of hydrogen-bond acceptors (Lipinski definition) is 4. The lowest BCUT2D eigenvalue weighted by atomic mass is 10.2. The Bertz CT molecular complexity index is 175. The summed E-state index contributed by atoms with van der Waals surface area (Å²) in [5, 5.41) is 16.9. The summed E-state index contributed by atoms with van der Waals surface area (Å²) in [4.78, 5) is 20.0. The van der Waals surface area contributed by atoms with Gasteiger partial charge in [0.1, 0.15) is 6.17 Å². The summed E-state index contributed by atoms with van der Waals surface area (Å²) < 4.78 is 0. The molecular weight excluding hydrogens is 162 g/mol. The van der Waals surface area contributed by atoms with Crippen LogP contribution >= 0.6 is 0 Å². The van der Waals surface area contributed by atoms with Crippen molar-refractivity contribution in [2.75, 3.05) is 0 Å². The molecule has 0 saturated carbocycles. The van der Waals surface area contributed by atoms with E-state index in [1.54, 1.807) is 0 Å². The first-order valence-corrected chi connectivity index (χ1v) is 3.61. The minimum atomic E-state index is -0.660. The highest BCUT2D eigenvalue weighted by Gasteiger charge is 2.31. The molecule has 0 aliphatic carbocycles. The zero-order valence-corrected chi connectivity index (χ0v) is 6.36. The van der Waals surface area contributed by atoms with Crippen LogP contribution in [0.15, 0.2) is 0 Å². The minimum Gasteiger partial charge on any atom is -0.389 e. The molecule has 1 aliphatic heterocycles. The van der Waals surface area contributed by atoms with Gasteiger partial charge in [0.15, 0.2) is 0 Å². The minimum absolute atomic E-state index is 0.269. The molecular formula is C6H11N3O3. The Kier molecular flexibility index (Phi) is 3.01. The number of carbonyl (C=O) groups excluding carboxylic acids is 2. The number of aliphatic hydroxyl groups is 1. The molecule has 4 N–H and O–H groups in total. The number of hydrogen-bond donors (Lipinski definition) is 4. The van der Waals surface area contributed by atoms with Gasteiger partial charge in [-0.3, -0.25) is 14.9 Å². The maximum absolute atomic E-state index is 10.0. The van der Waals surface area contributed by atoms with Crippen LogP contribution in [0.5, 0.6) is 0 Å². The topological polar surface area (TPSA) is 90.5 Å². The number of carbonyl (C=O) groups is 2. The van der Waals surface area contributed by atoms with Gasteiger partial charge in [-0.2, -0.15) is 0 Å². The van der Waals surface area contributed by atoms with Crippen LogP contribution in [0.3, 0.4) is 0 Å². The maximum atomic E-state index is 10.0. The van der Waals surface area contributed by atoms with Crippen molar-refractivity contribution in [3.05, 3.63) is 0 Å². The molecule has 6 heteroatoms. The predicted octanol–water partition coefficient (Wildman–Crippen LogP) is -2.52. The van der Waals surface area contributed by atoms with E-state index in [1.165, 1.54) is 0 Å². The average molecular weight is 173 g/mol. The molecule has 1 saturated heterocycles. The molecule has 6 nitrogen and oxygen atoms in total. The standard InChI is InChI=1S/C6H11N3O3/c10-2-7-5-1-4(12)6(9-5)8-3-11/h2-6,9,12H,1H2,(H,7,10)(H,8,11). The van der Waals surface area contributed by atoms with E-state index in [0.29, 0.717) is 19.2 Å². The van der Waals surface area contributed by atoms with Crippen molar-refractivity contribution in [1.29, 1.82) is 0 Å². The Morgan fingerprint density at radius 2 is 2.00 bits per heavy atom. The lowest BCUT2D eigenvalue weighted by molar-refractivity contribution is -0.111. The number of aliphatic hydroxyl groups excluding tert-OH is 1. The summed E-state index contributed by atoms with van der Waals surface area (Å²) in [6.45, 7) is 0. The molecule has 12 heavy (non-hydrogen) atoms. The highest BCUT2D eigenvalue weighted by atomic mass is 16.3. The van der Waals surface area contributed by atoms with E-state index < -0.39 is 12.3 Å². The van der Waals surface area contributed by atoms with Crippen molar-refractivity contribution in [1.82, 2.24) is 16.0 Å². The Morgan fingerprint density at radius 1 is 1.33 bits per heavy atom. The van der Waals surface area contributed by atoms with Crippen molar-refractivity contribution in [2.45, 2.75) is 24.9 Å². The second-order valence-electron chi connectivity index (χ2n) is 2.57. The summed E-state index contributed by atoms with van der Waals surface area (Å²) >= 11 is 0. The zero-order valence-electron chi connectivity index (χ0n) is 6.36. The Hall–Kier alpha value is -1.14. The SMILES string of the molecule is O=CNC1CC(O)C(NC=O)N1. The molecule has 2 amide bonds. The summed E-state index contributed by atoms with van der Waals surface area (Å²) in [6, 6.07) is 0. The van der Waals surface area contributed by atoms with E-state index in [-0.39, 0.29) is 6.17 Å². The van der Waals surface area contributed by atoms with Crippen molar-refractivity contribution in [3.63, 3.8) is 0 Å². The van der Waals surface area contributed by atoms with Gasteiger partial charge >= 0.3 is 0 Å². The van der Waals surface area contributed by atoms with E-state index in [4.69, 9.17) is 0 Å². The van der Waals surface area contributed by atoms with Crippen LogP contribution in [-0.2, 0) is 9.59 Å². The van der Waals surface area contributed by atoms with Gasteiger partial charge in [0, 0.05) is 6.42 Å². The molecule has 0 aromatic carbocycles. The first kappa shape index (κ1) is 8.95. The fraction of sp³-hybridized carbons (Fsp3) is 0.667. The molecule has 0 spiro atoms. The third kappa shape index (κ3) is 1.93. The zero-order chi connectivity index (χ0) is 8.97. The van der Waals surface area contributed by atoms with Gasteiger partial charge < -0.3 is 15.7 Å². The number of nitrogens with one attached hydrogen (secondary N) is 3. The smallest absolute Gasteiger partial charge is 0.208 e. The molecule has 1 rings (SSSR count). The van der Waals surface area contributed by atoms with Crippen molar-refractivity contribution in [3.8, 4) is 0 Å². The van der Waals surface area contributed by atoms with E-state index in [0.717, 1.165) is 0 Å². The van der Waals surface area contributed by atoms with E-state index >= 15 is 0 Å². The number of amides is 2. The monoisotopic (exact) mass is 173 g/mol. The molecule has 1 heterocycles. The van der Waals surface area contributed by atoms with Crippen LogP contribution < -0.4 is 16.0 Å². The molecule has 0 aromatic rings. The summed E-state index contributed by atoms with van der Waals surface area (Å²) in [7, 11) is 0. The highest BCUT2D eigenvalue weighted by Crippen LogP contribution is 2.08. The second kappa shape index (κ2) is 4.03. The highest BCUT2D eigenvalue weighted by molar-refractivity contribution is 5.48. The Balaban J connectivity index is 2.38. The predicted molar refractivity (Wildman–Crippen MR) is 39.7 cm³/mol. The molecule has 3 atom stereocenters. The quantitative estimate of drug-likeness (QED) is 0.353. The van der Waals surface area contributed by atoms with Crippen LogP contribution in [0.2, 0.25) is 0 Å². The molecule has 1 aliphatic rings. The van der Waals surface area contributed by atoms with Gasteiger partial charge in [0.25, 0.3) is 0 Å². The van der Waals surface area contributed by atoms with Crippen LogP contribution in [0.1, 0.15) is 6.42 Å². The van der Waals surface area contributed by atoms with Gasteiger partial charge in [-0.1, -0.05) is 0 Å². The second-order valence-corrected chi connectivity index (χ2v) is 2.57. The summed E-state index contributed by atoms with van der Waals surface area (Å²) in [5.41, 5.74) is 0. The van der Waals surface area contributed by atoms with E-state index in [9.17, 15) is 14.7 Å². The van der Waals surface area contributed by atoms with Crippen LogP contribution in [0.4, 0.5) is 0 Å². The van der Waals surface area contributed by atoms with Crippen LogP contribution in [0, 0.1) is 0 Å². The largest absolute Gasteiger partial charge is 0.389 e. The summed E-state index contributed by atoms with van der Waals surface area (Å²) in [6.07, 6.45) is 0.0461. The normalized spacial score (nSPS) is 34.2. The van der Waals surface area contributed by atoms with E-state index in [2.05, 4.69) is 16.0 Å². The van der Waals surface area contributed by atoms with Crippen molar-refractivity contribution < 1.29 is 14.7 Å². The first-order chi connectivity index (χ1) is 5.77. The van der Waals surface area contributed by atoms with Crippen LogP contribution in [-0.4, -0.2) is 36.4 Å². The molecule has 0 radical (unpaired) electrons. The fourth-order valence-electron chi connectivity index (χ4n) is 1.20. The van der Waals surface area contributed by atoms with Gasteiger partial charge in [-0.15, -0.1) is 0 Å². The average Bonchev–Trinajstić information content (AvgIpc) is 2.34. The third-order valence-corrected chi connectivity index (χ3v) is 1.76. The maximum Gasteiger partial charge on any atom is 0.208 e. The lowest BCUT2D eigenvalue weighted by Crippen LogP contribution is -2.47. The van der Waals surface area contributed by atoms with Gasteiger partial charge in [-0.05, 0) is 0 Å². The van der Waals surface area contributed by atoms with Gasteiger partial charge in [0.05, 0.1) is 12.3 Å². The Morgan fingerprint density at radius 3 is 2.58 bits per heavy atom. The molecule has 1 fully saturated rings.